The van der Waals surface area contributed by atoms with Crippen LogP contribution in [-0.2, 0) is 4.57 Å². The van der Waals surface area contributed by atoms with Crippen molar-refractivity contribution in [2.24, 2.45) is 5.92 Å². The minimum Gasteiger partial charge on any atom is -0.344 e. The maximum atomic E-state index is 11.6. The quantitative estimate of drug-likeness (QED) is 0.762. The summed E-state index contributed by atoms with van der Waals surface area (Å²) in [6, 6.07) is 0. The molecule has 0 bridgehead atoms. The van der Waals surface area contributed by atoms with Crippen LogP contribution in [0.4, 0.5) is 0 Å². The minimum absolute atomic E-state index is 0. The zero-order chi connectivity index (χ0) is 9.73. The van der Waals surface area contributed by atoms with E-state index in [1.165, 1.54) is 32.1 Å². The summed E-state index contributed by atoms with van der Waals surface area (Å²) in [7, 11) is -2.76. The Hall–Kier alpha value is 0.480. The molecule has 1 saturated carbocycles. The van der Waals surface area contributed by atoms with Crippen LogP contribution >= 0.6 is 19.8 Å². The van der Waals surface area contributed by atoms with Gasteiger partial charge in [-0.2, -0.15) is 0 Å². The van der Waals surface area contributed by atoms with Crippen molar-refractivity contribution in [1.82, 2.24) is 0 Å². The molecule has 0 spiro atoms. The molecule has 0 amide bonds. The van der Waals surface area contributed by atoms with E-state index in [2.05, 4.69) is 0 Å². The highest BCUT2D eigenvalue weighted by molar-refractivity contribution is 7.57. The van der Waals surface area contributed by atoms with Crippen LogP contribution in [0, 0.1) is 5.92 Å². The molecule has 14 heavy (non-hydrogen) atoms. The molecule has 86 valence electrons. The van der Waals surface area contributed by atoms with Crippen molar-refractivity contribution < 1.29 is 9.46 Å². The molecule has 0 aromatic carbocycles. The molecule has 1 rings (SSSR count). The molecular formula is C10H22ClO2P. The first kappa shape index (κ1) is 14.5. The zero-order valence-electron chi connectivity index (χ0n) is 8.95. The lowest BCUT2D eigenvalue weighted by Gasteiger charge is -2.23. The predicted octanol–water partition coefficient (Wildman–Crippen LogP) is 3.67. The van der Waals surface area contributed by atoms with Gasteiger partial charge in [0.25, 0.3) is 0 Å². The van der Waals surface area contributed by atoms with Crippen molar-refractivity contribution in [2.45, 2.75) is 45.4 Å². The molecule has 1 fully saturated rings. The van der Waals surface area contributed by atoms with E-state index in [0.717, 1.165) is 6.42 Å². The predicted molar refractivity (Wildman–Crippen MR) is 63.7 cm³/mol. The van der Waals surface area contributed by atoms with Crippen LogP contribution in [-0.4, -0.2) is 17.2 Å². The van der Waals surface area contributed by atoms with Gasteiger partial charge >= 0.3 is 0 Å². The largest absolute Gasteiger partial charge is 0.344 e. The van der Waals surface area contributed by atoms with E-state index in [-0.39, 0.29) is 12.4 Å². The summed E-state index contributed by atoms with van der Waals surface area (Å²) in [6.07, 6.45) is 8.13. The Morgan fingerprint density at radius 1 is 1.29 bits per heavy atom. The molecule has 0 aliphatic heterocycles. The van der Waals surface area contributed by atoms with E-state index < -0.39 is 7.37 Å². The molecule has 1 N–H and O–H groups in total. The van der Waals surface area contributed by atoms with Gasteiger partial charge in [-0.3, -0.25) is 4.57 Å². The van der Waals surface area contributed by atoms with Gasteiger partial charge in [-0.25, -0.2) is 0 Å². The molecule has 2 nitrogen and oxygen atoms in total. The first-order valence-electron chi connectivity index (χ1n) is 5.45. The Labute approximate surface area is 93.3 Å². The molecule has 1 aliphatic rings. The van der Waals surface area contributed by atoms with Gasteiger partial charge in [0.15, 0.2) is 0 Å². The Morgan fingerprint density at radius 3 is 2.36 bits per heavy atom. The number of hydrogen-bond acceptors (Lipinski definition) is 1. The molecule has 0 aromatic heterocycles. The SMILES string of the molecule is CCCP(=O)(O)CC1CCCCC1.Cl. The summed E-state index contributed by atoms with van der Waals surface area (Å²) in [6.45, 7) is 1.98. The molecular weight excluding hydrogens is 219 g/mol. The normalized spacial score (nSPS) is 22.4. The minimum atomic E-state index is -2.76. The van der Waals surface area contributed by atoms with E-state index in [0.29, 0.717) is 18.2 Å². The van der Waals surface area contributed by atoms with Crippen LogP contribution in [0.15, 0.2) is 0 Å². The first-order chi connectivity index (χ1) is 6.14. The lowest BCUT2D eigenvalue weighted by Crippen LogP contribution is -2.12. The smallest absolute Gasteiger partial charge is 0.200 e. The standard InChI is InChI=1S/C10H21O2P.ClH/c1-2-8-13(11,12)9-10-6-4-3-5-7-10;/h10H,2-9H2,1H3,(H,11,12);1H. The summed E-state index contributed by atoms with van der Waals surface area (Å²) >= 11 is 0. The molecule has 1 unspecified atom stereocenters. The van der Waals surface area contributed by atoms with Gasteiger partial charge in [0.05, 0.1) is 0 Å². The topological polar surface area (TPSA) is 37.3 Å². The summed E-state index contributed by atoms with van der Waals surface area (Å²) < 4.78 is 11.6. The fraction of sp³-hybridized carbons (Fsp3) is 1.00. The fourth-order valence-electron chi connectivity index (χ4n) is 2.21. The van der Waals surface area contributed by atoms with Gasteiger partial charge in [0.2, 0.25) is 7.37 Å². The molecule has 4 heteroatoms. The molecule has 1 atom stereocenters. The second kappa shape index (κ2) is 6.87. The lowest BCUT2D eigenvalue weighted by molar-refractivity contribution is 0.372. The second-order valence-corrected chi connectivity index (χ2v) is 6.76. The summed E-state index contributed by atoms with van der Waals surface area (Å²) in [5, 5.41) is 0. The highest BCUT2D eigenvalue weighted by Crippen LogP contribution is 2.45. The molecule has 0 aromatic rings. The third-order valence-corrected chi connectivity index (χ3v) is 5.07. The van der Waals surface area contributed by atoms with Gasteiger partial charge in [0.1, 0.15) is 0 Å². The van der Waals surface area contributed by atoms with Crippen molar-refractivity contribution in [3.63, 3.8) is 0 Å². The lowest BCUT2D eigenvalue weighted by atomic mass is 9.91. The van der Waals surface area contributed by atoms with Crippen LogP contribution in [0.2, 0.25) is 0 Å². The maximum Gasteiger partial charge on any atom is 0.200 e. The van der Waals surface area contributed by atoms with Crippen LogP contribution in [0.1, 0.15) is 45.4 Å². The third-order valence-electron chi connectivity index (χ3n) is 2.84. The average Bonchev–Trinajstić information content (AvgIpc) is 2.04. The Bertz CT molecular complexity index is 191. The van der Waals surface area contributed by atoms with E-state index in [4.69, 9.17) is 0 Å². The van der Waals surface area contributed by atoms with Gasteiger partial charge in [-0.05, 0) is 25.2 Å². The summed E-state index contributed by atoms with van der Waals surface area (Å²) in [4.78, 5) is 9.62. The monoisotopic (exact) mass is 240 g/mol. The van der Waals surface area contributed by atoms with Crippen molar-refractivity contribution >= 4 is 19.8 Å². The van der Waals surface area contributed by atoms with Crippen molar-refractivity contribution in [3.05, 3.63) is 0 Å². The molecule has 0 heterocycles. The summed E-state index contributed by atoms with van der Waals surface area (Å²) in [5.41, 5.74) is 0. The van der Waals surface area contributed by atoms with E-state index in [9.17, 15) is 9.46 Å². The second-order valence-electron chi connectivity index (χ2n) is 4.26. The van der Waals surface area contributed by atoms with E-state index >= 15 is 0 Å². The van der Waals surface area contributed by atoms with Crippen LogP contribution in [0.3, 0.4) is 0 Å². The summed E-state index contributed by atoms with van der Waals surface area (Å²) in [5.74, 6) is 0.538. The van der Waals surface area contributed by atoms with Gasteiger partial charge in [-0.1, -0.05) is 26.2 Å². The van der Waals surface area contributed by atoms with Crippen molar-refractivity contribution in [2.75, 3.05) is 12.3 Å². The average molecular weight is 241 g/mol. The van der Waals surface area contributed by atoms with Crippen molar-refractivity contribution in [3.8, 4) is 0 Å². The molecule has 0 radical (unpaired) electrons. The number of halogens is 1. The Morgan fingerprint density at radius 2 is 1.86 bits per heavy atom. The van der Waals surface area contributed by atoms with Gasteiger partial charge < -0.3 is 4.89 Å². The number of hydrogen-bond donors (Lipinski definition) is 1. The maximum absolute atomic E-state index is 11.6. The fourth-order valence-corrected chi connectivity index (χ4v) is 4.27. The van der Waals surface area contributed by atoms with Crippen LogP contribution < -0.4 is 0 Å². The van der Waals surface area contributed by atoms with E-state index in [1.54, 1.807) is 0 Å². The zero-order valence-corrected chi connectivity index (χ0v) is 10.7. The highest BCUT2D eigenvalue weighted by Gasteiger charge is 2.24. The van der Waals surface area contributed by atoms with Crippen LogP contribution in [0.5, 0.6) is 0 Å². The van der Waals surface area contributed by atoms with Gasteiger partial charge in [0, 0.05) is 12.3 Å². The first-order valence-corrected chi connectivity index (χ1v) is 7.48. The van der Waals surface area contributed by atoms with Crippen molar-refractivity contribution in [1.29, 1.82) is 0 Å². The molecule has 1 aliphatic carbocycles. The van der Waals surface area contributed by atoms with Gasteiger partial charge in [-0.15, -0.1) is 12.4 Å². The Kier molecular flexibility index (Phi) is 7.11. The third kappa shape index (κ3) is 5.38. The Balaban J connectivity index is 0.00000169. The molecule has 0 saturated heterocycles. The number of rotatable bonds is 4. The van der Waals surface area contributed by atoms with Crippen LogP contribution in [0.25, 0.3) is 0 Å². The highest BCUT2D eigenvalue weighted by atomic mass is 35.5. The van der Waals surface area contributed by atoms with E-state index in [1.807, 2.05) is 6.92 Å².